The minimum Gasteiger partial charge on any atom is -0.348 e. The van der Waals surface area contributed by atoms with E-state index >= 15 is 0 Å². The van der Waals surface area contributed by atoms with Gasteiger partial charge in [0.15, 0.2) is 0 Å². The molecular weight excluding hydrogens is 332 g/mol. The summed E-state index contributed by atoms with van der Waals surface area (Å²) >= 11 is 0. The molecule has 3 rings (SSSR count). The number of rotatable bonds is 4. The van der Waals surface area contributed by atoms with Crippen LogP contribution in [0.1, 0.15) is 35.0 Å². The molecule has 1 N–H and O–H groups in total. The van der Waals surface area contributed by atoms with E-state index in [0.29, 0.717) is 25.5 Å². The molecule has 0 aromatic carbocycles. The molecular formula is C18H26N6O2. The number of nitrogens with zero attached hydrogens (tertiary/aromatic N) is 5. The molecule has 0 saturated carbocycles. The summed E-state index contributed by atoms with van der Waals surface area (Å²) < 4.78 is 1.81. The standard InChI is InChI=1S/C18H26N6O2/c1-11-14(12(2)23(5)21-11)8-17(26)24-7-6-13(10-24)15-9-16(25)20-18(19-15)22(3)4/h9,13H,6-8,10H2,1-5H3,(H,19,20,25). The maximum Gasteiger partial charge on any atom is 0.252 e. The van der Waals surface area contributed by atoms with Crippen molar-refractivity contribution in [2.24, 2.45) is 7.05 Å². The number of aryl methyl sites for hydroxylation is 2. The number of carbonyl (C=O) groups is 1. The van der Waals surface area contributed by atoms with Crippen LogP contribution in [0.5, 0.6) is 0 Å². The molecule has 0 bridgehead atoms. The van der Waals surface area contributed by atoms with E-state index in [0.717, 1.165) is 29.1 Å². The Balaban J connectivity index is 1.72. The molecule has 8 heteroatoms. The zero-order chi connectivity index (χ0) is 19.0. The third kappa shape index (κ3) is 3.49. The molecule has 3 heterocycles. The monoisotopic (exact) mass is 358 g/mol. The average molecular weight is 358 g/mol. The first-order valence-corrected chi connectivity index (χ1v) is 8.81. The summed E-state index contributed by atoms with van der Waals surface area (Å²) in [7, 11) is 5.57. The molecule has 1 unspecified atom stereocenters. The molecule has 0 radical (unpaired) electrons. The maximum absolute atomic E-state index is 12.7. The Labute approximate surface area is 152 Å². The Morgan fingerprint density at radius 1 is 1.38 bits per heavy atom. The van der Waals surface area contributed by atoms with Crippen LogP contribution in [0, 0.1) is 13.8 Å². The third-order valence-electron chi connectivity index (χ3n) is 5.12. The van der Waals surface area contributed by atoms with Crippen LogP contribution in [0.2, 0.25) is 0 Å². The van der Waals surface area contributed by atoms with Gasteiger partial charge >= 0.3 is 0 Å². The van der Waals surface area contributed by atoms with E-state index in [9.17, 15) is 9.59 Å². The van der Waals surface area contributed by atoms with Crippen LogP contribution in [0.25, 0.3) is 0 Å². The molecule has 1 saturated heterocycles. The number of aromatic nitrogens is 4. The molecule has 2 aromatic rings. The highest BCUT2D eigenvalue weighted by molar-refractivity contribution is 5.79. The van der Waals surface area contributed by atoms with Crippen LogP contribution >= 0.6 is 0 Å². The molecule has 2 aromatic heterocycles. The first-order valence-electron chi connectivity index (χ1n) is 8.81. The Morgan fingerprint density at radius 3 is 2.73 bits per heavy atom. The largest absolute Gasteiger partial charge is 0.348 e. The topological polar surface area (TPSA) is 87.1 Å². The van der Waals surface area contributed by atoms with Gasteiger partial charge in [-0.3, -0.25) is 19.3 Å². The number of aromatic amines is 1. The number of H-pyrrole nitrogens is 1. The van der Waals surface area contributed by atoms with E-state index in [2.05, 4.69) is 15.1 Å². The van der Waals surface area contributed by atoms with E-state index in [1.807, 2.05) is 44.6 Å². The van der Waals surface area contributed by atoms with Gasteiger partial charge in [-0.1, -0.05) is 0 Å². The fraction of sp³-hybridized carbons (Fsp3) is 0.556. The van der Waals surface area contributed by atoms with E-state index < -0.39 is 0 Å². The number of hydrogen-bond donors (Lipinski definition) is 1. The summed E-state index contributed by atoms with van der Waals surface area (Å²) in [5, 5.41) is 4.38. The zero-order valence-electron chi connectivity index (χ0n) is 16.0. The lowest BCUT2D eigenvalue weighted by Gasteiger charge is -2.17. The van der Waals surface area contributed by atoms with E-state index in [1.54, 1.807) is 11.0 Å². The predicted molar refractivity (Wildman–Crippen MR) is 99.5 cm³/mol. The van der Waals surface area contributed by atoms with Gasteiger partial charge in [-0.05, 0) is 20.3 Å². The Kier molecular flexibility index (Phi) is 4.84. The van der Waals surface area contributed by atoms with E-state index in [4.69, 9.17) is 0 Å². The number of anilines is 1. The van der Waals surface area contributed by atoms with Gasteiger partial charge in [-0.25, -0.2) is 4.98 Å². The van der Waals surface area contributed by atoms with Gasteiger partial charge in [0.05, 0.1) is 17.8 Å². The van der Waals surface area contributed by atoms with Gasteiger partial charge in [-0.15, -0.1) is 0 Å². The van der Waals surface area contributed by atoms with Crippen LogP contribution < -0.4 is 10.5 Å². The summed E-state index contributed by atoms with van der Waals surface area (Å²) in [5.41, 5.74) is 3.52. The second kappa shape index (κ2) is 6.93. The van der Waals surface area contributed by atoms with E-state index in [-0.39, 0.29) is 17.4 Å². The maximum atomic E-state index is 12.7. The van der Waals surface area contributed by atoms with Crippen molar-refractivity contribution in [3.8, 4) is 0 Å². The predicted octanol–water partition coefficient (Wildman–Crippen LogP) is 0.745. The fourth-order valence-corrected chi connectivity index (χ4v) is 3.45. The summed E-state index contributed by atoms with van der Waals surface area (Å²) in [6.45, 7) is 5.21. The Bertz CT molecular complexity index is 882. The van der Waals surface area contributed by atoms with Gasteiger partial charge in [0.2, 0.25) is 11.9 Å². The second-order valence-corrected chi connectivity index (χ2v) is 7.16. The normalized spacial score (nSPS) is 17.0. The van der Waals surface area contributed by atoms with Crippen LogP contribution in [-0.4, -0.2) is 57.7 Å². The van der Waals surface area contributed by atoms with Crippen molar-refractivity contribution in [3.05, 3.63) is 39.1 Å². The quantitative estimate of drug-likeness (QED) is 0.871. The van der Waals surface area contributed by atoms with Gasteiger partial charge in [0.25, 0.3) is 5.56 Å². The highest BCUT2D eigenvalue weighted by atomic mass is 16.2. The molecule has 0 aliphatic carbocycles. The van der Waals surface area contributed by atoms with Crippen molar-refractivity contribution < 1.29 is 4.79 Å². The lowest BCUT2D eigenvalue weighted by atomic mass is 10.0. The number of hydrogen-bond acceptors (Lipinski definition) is 5. The van der Waals surface area contributed by atoms with Crippen molar-refractivity contribution in [2.45, 2.75) is 32.6 Å². The van der Waals surface area contributed by atoms with E-state index in [1.165, 1.54) is 0 Å². The molecule has 1 aliphatic rings. The minimum absolute atomic E-state index is 0.0936. The number of amides is 1. The molecule has 1 atom stereocenters. The summed E-state index contributed by atoms with van der Waals surface area (Å²) in [4.78, 5) is 35.5. The highest BCUT2D eigenvalue weighted by Crippen LogP contribution is 2.26. The van der Waals surface area contributed by atoms with Crippen molar-refractivity contribution in [2.75, 3.05) is 32.1 Å². The molecule has 0 spiro atoms. The first kappa shape index (κ1) is 18.2. The number of carbonyl (C=O) groups excluding carboxylic acids is 1. The SMILES string of the molecule is Cc1nn(C)c(C)c1CC(=O)N1CCC(c2cc(=O)[nH]c(N(C)C)n2)C1. The van der Waals surface area contributed by atoms with Crippen molar-refractivity contribution in [1.82, 2.24) is 24.6 Å². The molecule has 1 fully saturated rings. The minimum atomic E-state index is -0.162. The van der Waals surface area contributed by atoms with Crippen molar-refractivity contribution in [3.63, 3.8) is 0 Å². The highest BCUT2D eigenvalue weighted by Gasteiger charge is 2.29. The Morgan fingerprint density at radius 2 is 2.12 bits per heavy atom. The van der Waals surface area contributed by atoms with Crippen molar-refractivity contribution in [1.29, 1.82) is 0 Å². The van der Waals surface area contributed by atoms with Crippen LogP contribution in [0.3, 0.4) is 0 Å². The smallest absolute Gasteiger partial charge is 0.252 e. The Hall–Kier alpha value is -2.64. The molecule has 8 nitrogen and oxygen atoms in total. The summed E-state index contributed by atoms with van der Waals surface area (Å²) in [6.07, 6.45) is 1.18. The van der Waals surface area contributed by atoms with Gasteiger partial charge in [0, 0.05) is 57.5 Å². The molecule has 1 amide bonds. The van der Waals surface area contributed by atoms with Crippen molar-refractivity contribution >= 4 is 11.9 Å². The average Bonchev–Trinajstić information content (AvgIpc) is 3.15. The second-order valence-electron chi connectivity index (χ2n) is 7.16. The summed E-state index contributed by atoms with van der Waals surface area (Å²) in [5.74, 6) is 0.735. The molecule has 26 heavy (non-hydrogen) atoms. The zero-order valence-corrected chi connectivity index (χ0v) is 16.0. The lowest BCUT2D eigenvalue weighted by molar-refractivity contribution is -0.129. The molecule has 1 aliphatic heterocycles. The van der Waals surface area contributed by atoms with Crippen LogP contribution in [-0.2, 0) is 18.3 Å². The number of likely N-dealkylation sites (tertiary alicyclic amines) is 1. The fourth-order valence-electron chi connectivity index (χ4n) is 3.45. The third-order valence-corrected chi connectivity index (χ3v) is 5.12. The van der Waals surface area contributed by atoms with Crippen LogP contribution in [0.4, 0.5) is 5.95 Å². The van der Waals surface area contributed by atoms with Gasteiger partial charge in [-0.2, -0.15) is 5.10 Å². The van der Waals surface area contributed by atoms with Gasteiger partial charge < -0.3 is 9.80 Å². The first-order chi connectivity index (χ1) is 12.3. The number of nitrogens with one attached hydrogen (secondary N) is 1. The van der Waals surface area contributed by atoms with Gasteiger partial charge in [0.1, 0.15) is 0 Å². The molecule has 140 valence electrons. The van der Waals surface area contributed by atoms with Crippen LogP contribution in [0.15, 0.2) is 10.9 Å². The summed E-state index contributed by atoms with van der Waals surface area (Å²) in [6, 6.07) is 1.54. The lowest BCUT2D eigenvalue weighted by Crippen LogP contribution is -2.30.